The van der Waals surface area contributed by atoms with E-state index in [-0.39, 0.29) is 36.2 Å². The monoisotopic (exact) mass is 398 g/mol. The van der Waals surface area contributed by atoms with Crippen molar-refractivity contribution in [3.8, 4) is 0 Å². The second-order valence-corrected chi connectivity index (χ2v) is 7.33. The van der Waals surface area contributed by atoms with Crippen LogP contribution in [0.4, 0.5) is 18.9 Å². The van der Waals surface area contributed by atoms with E-state index >= 15 is 0 Å². The van der Waals surface area contributed by atoms with Crippen molar-refractivity contribution in [1.29, 1.82) is 0 Å². The van der Waals surface area contributed by atoms with Gasteiger partial charge in [0.2, 0.25) is 5.91 Å². The molecule has 2 atom stereocenters. The summed E-state index contributed by atoms with van der Waals surface area (Å²) in [6.07, 6.45) is -3.01. The van der Waals surface area contributed by atoms with E-state index in [1.807, 2.05) is 0 Å². The molecule has 2 amide bonds. The van der Waals surface area contributed by atoms with Crippen LogP contribution >= 0.6 is 0 Å². The van der Waals surface area contributed by atoms with E-state index in [4.69, 9.17) is 0 Å². The highest BCUT2D eigenvalue weighted by Crippen LogP contribution is 2.35. The number of halogens is 3. The van der Waals surface area contributed by atoms with Gasteiger partial charge in [-0.2, -0.15) is 13.2 Å². The molecule has 9 heteroatoms. The van der Waals surface area contributed by atoms with Gasteiger partial charge in [0, 0.05) is 36.8 Å². The van der Waals surface area contributed by atoms with E-state index in [1.54, 1.807) is 6.92 Å². The molecule has 28 heavy (non-hydrogen) atoms. The van der Waals surface area contributed by atoms with Gasteiger partial charge in [-0.15, -0.1) is 0 Å². The lowest BCUT2D eigenvalue weighted by Crippen LogP contribution is -2.47. The fourth-order valence-corrected chi connectivity index (χ4v) is 3.73. The van der Waals surface area contributed by atoms with Crippen LogP contribution in [0.15, 0.2) is 18.2 Å². The first kappa shape index (κ1) is 20.2. The van der Waals surface area contributed by atoms with Gasteiger partial charge in [-0.3, -0.25) is 14.4 Å². The second kappa shape index (κ2) is 7.44. The van der Waals surface area contributed by atoms with E-state index < -0.39 is 29.5 Å². The Hall–Kier alpha value is -2.58. The maximum absolute atomic E-state index is 13.4. The normalized spacial score (nSPS) is 23.2. The van der Waals surface area contributed by atoms with Crippen LogP contribution < -0.4 is 4.90 Å². The Labute approximate surface area is 159 Å². The summed E-state index contributed by atoms with van der Waals surface area (Å²) >= 11 is 0. The van der Waals surface area contributed by atoms with Crippen LogP contribution in [0.5, 0.6) is 0 Å². The maximum atomic E-state index is 13.4. The molecule has 1 N–H and O–H groups in total. The van der Waals surface area contributed by atoms with Gasteiger partial charge in [0.1, 0.15) is 0 Å². The predicted octanol–water partition coefficient (Wildman–Crippen LogP) is 3.16. The van der Waals surface area contributed by atoms with Crippen molar-refractivity contribution < 1.29 is 32.7 Å². The highest BCUT2D eigenvalue weighted by molar-refractivity contribution is 5.99. The van der Waals surface area contributed by atoms with Crippen molar-refractivity contribution in [1.82, 2.24) is 4.90 Å². The number of carboxylic acids is 1. The minimum Gasteiger partial charge on any atom is -0.481 e. The van der Waals surface area contributed by atoms with Crippen LogP contribution in [0, 0.1) is 5.92 Å². The van der Waals surface area contributed by atoms with Crippen LogP contribution in [-0.2, 0) is 15.8 Å². The average Bonchev–Trinajstić information content (AvgIpc) is 3.06. The third kappa shape index (κ3) is 3.98. The molecule has 2 aliphatic heterocycles. The van der Waals surface area contributed by atoms with Crippen molar-refractivity contribution in [2.75, 3.05) is 18.0 Å². The molecule has 152 valence electrons. The van der Waals surface area contributed by atoms with Crippen molar-refractivity contribution in [3.05, 3.63) is 29.3 Å². The van der Waals surface area contributed by atoms with Gasteiger partial charge in [0.25, 0.3) is 5.91 Å². The number of nitrogens with zero attached hydrogens (tertiary/aromatic N) is 2. The number of amides is 2. The zero-order chi connectivity index (χ0) is 20.6. The summed E-state index contributed by atoms with van der Waals surface area (Å²) in [5, 5.41) is 9.23. The average molecular weight is 398 g/mol. The second-order valence-electron chi connectivity index (χ2n) is 7.33. The molecule has 0 aromatic heterocycles. The van der Waals surface area contributed by atoms with E-state index in [0.717, 1.165) is 12.1 Å². The molecule has 6 nitrogen and oxygen atoms in total. The Bertz CT molecular complexity index is 809. The SMILES string of the molecule is CC1CCC(C(=O)O)CN1C(=O)c1cc(N2CCCC2=O)cc(C(F)(F)F)c1. The molecule has 0 aliphatic carbocycles. The highest BCUT2D eigenvalue weighted by atomic mass is 19.4. The summed E-state index contributed by atoms with van der Waals surface area (Å²) in [5.74, 6) is -2.71. The number of anilines is 1. The summed E-state index contributed by atoms with van der Waals surface area (Å²) in [7, 11) is 0. The molecule has 3 rings (SSSR count). The predicted molar refractivity (Wildman–Crippen MR) is 93.9 cm³/mol. The first-order valence-electron chi connectivity index (χ1n) is 9.14. The molecule has 1 aromatic carbocycles. The molecule has 2 fully saturated rings. The molecule has 0 bridgehead atoms. The number of likely N-dealkylation sites (tertiary alicyclic amines) is 1. The standard InChI is InChI=1S/C19H21F3N2O4/c1-11-4-5-12(18(27)28)10-24(11)17(26)13-7-14(19(20,21)22)9-15(8-13)23-6-2-3-16(23)25/h7-9,11-12H,2-6,10H2,1H3,(H,27,28). The van der Waals surface area contributed by atoms with Gasteiger partial charge in [0.15, 0.2) is 0 Å². The number of alkyl halides is 3. The number of carboxylic acid groups (broad SMARTS) is 1. The number of hydrogen-bond donors (Lipinski definition) is 1. The smallest absolute Gasteiger partial charge is 0.416 e. The number of rotatable bonds is 3. The van der Waals surface area contributed by atoms with Gasteiger partial charge in [-0.05, 0) is 44.4 Å². The number of benzene rings is 1. The zero-order valence-electron chi connectivity index (χ0n) is 15.3. The quantitative estimate of drug-likeness (QED) is 0.849. The Morgan fingerprint density at radius 2 is 1.89 bits per heavy atom. The number of piperidine rings is 1. The topological polar surface area (TPSA) is 77.9 Å². The maximum Gasteiger partial charge on any atom is 0.416 e. The van der Waals surface area contributed by atoms with Gasteiger partial charge in [-0.1, -0.05) is 0 Å². The van der Waals surface area contributed by atoms with E-state index in [9.17, 15) is 32.7 Å². The Morgan fingerprint density at radius 1 is 1.18 bits per heavy atom. The third-order valence-corrected chi connectivity index (χ3v) is 5.37. The fourth-order valence-electron chi connectivity index (χ4n) is 3.73. The van der Waals surface area contributed by atoms with Crippen LogP contribution in [0.2, 0.25) is 0 Å². The molecule has 2 saturated heterocycles. The summed E-state index contributed by atoms with van der Waals surface area (Å²) in [5.41, 5.74) is -1.16. The highest BCUT2D eigenvalue weighted by Gasteiger charge is 2.36. The molecular formula is C19H21F3N2O4. The van der Waals surface area contributed by atoms with E-state index in [2.05, 4.69) is 0 Å². The summed E-state index contributed by atoms with van der Waals surface area (Å²) in [6.45, 7) is 1.99. The van der Waals surface area contributed by atoms with Crippen LogP contribution in [0.25, 0.3) is 0 Å². The van der Waals surface area contributed by atoms with Gasteiger partial charge in [-0.25, -0.2) is 0 Å². The Balaban J connectivity index is 1.98. The fraction of sp³-hybridized carbons (Fsp3) is 0.526. The Kier molecular flexibility index (Phi) is 5.36. The summed E-state index contributed by atoms with van der Waals surface area (Å²) in [6, 6.07) is 2.65. The number of aliphatic carboxylic acids is 1. The zero-order valence-corrected chi connectivity index (χ0v) is 15.3. The molecule has 2 unspecified atom stereocenters. The van der Waals surface area contributed by atoms with E-state index in [1.165, 1.54) is 15.9 Å². The minimum absolute atomic E-state index is 0.0418. The molecular weight excluding hydrogens is 377 g/mol. The van der Waals surface area contributed by atoms with Crippen molar-refractivity contribution in [2.24, 2.45) is 5.92 Å². The van der Waals surface area contributed by atoms with Crippen LogP contribution in [-0.4, -0.2) is 46.9 Å². The minimum atomic E-state index is -4.68. The largest absolute Gasteiger partial charge is 0.481 e. The number of hydrogen-bond acceptors (Lipinski definition) is 3. The van der Waals surface area contributed by atoms with Crippen molar-refractivity contribution in [2.45, 2.75) is 44.8 Å². The first-order chi connectivity index (χ1) is 13.1. The summed E-state index contributed by atoms with van der Waals surface area (Å²) in [4.78, 5) is 38.8. The van der Waals surface area contributed by atoms with Crippen LogP contribution in [0.1, 0.15) is 48.5 Å². The first-order valence-corrected chi connectivity index (χ1v) is 9.14. The Morgan fingerprint density at radius 3 is 2.46 bits per heavy atom. The van der Waals surface area contributed by atoms with Gasteiger partial charge >= 0.3 is 12.1 Å². The molecule has 0 radical (unpaired) electrons. The number of carbonyl (C=O) groups excluding carboxylic acids is 2. The lowest BCUT2D eigenvalue weighted by molar-refractivity contribution is -0.143. The molecule has 2 aliphatic rings. The van der Waals surface area contributed by atoms with Gasteiger partial charge in [0.05, 0.1) is 11.5 Å². The molecule has 2 heterocycles. The lowest BCUT2D eigenvalue weighted by atomic mass is 9.92. The van der Waals surface area contributed by atoms with Crippen molar-refractivity contribution in [3.63, 3.8) is 0 Å². The summed E-state index contributed by atoms with van der Waals surface area (Å²) < 4.78 is 40.1. The van der Waals surface area contributed by atoms with Gasteiger partial charge < -0.3 is 14.9 Å². The molecule has 0 saturated carbocycles. The number of carbonyl (C=O) groups is 3. The van der Waals surface area contributed by atoms with Crippen LogP contribution in [0.3, 0.4) is 0 Å². The van der Waals surface area contributed by atoms with E-state index in [0.29, 0.717) is 25.8 Å². The molecule has 1 aromatic rings. The third-order valence-electron chi connectivity index (χ3n) is 5.37. The lowest BCUT2D eigenvalue weighted by Gasteiger charge is -2.36. The van der Waals surface area contributed by atoms with Crippen molar-refractivity contribution >= 4 is 23.5 Å². The molecule has 0 spiro atoms.